The number of nitrogens with zero attached hydrogens (tertiary/aromatic N) is 4. The number of fused-ring (bicyclic) bond motifs is 1. The van der Waals surface area contributed by atoms with Gasteiger partial charge in [-0.1, -0.05) is 12.1 Å². The first-order valence-corrected chi connectivity index (χ1v) is 6.15. The molecule has 0 bridgehead atoms. The van der Waals surface area contributed by atoms with E-state index in [0.717, 1.165) is 11.3 Å². The maximum Gasteiger partial charge on any atom is 0.404 e. The molecule has 3 rings (SSSR count). The summed E-state index contributed by atoms with van der Waals surface area (Å²) in [4.78, 5) is 22.7. The Labute approximate surface area is 119 Å². The molecule has 3 aromatic rings. The third kappa shape index (κ3) is 2.46. The molecule has 0 aliphatic heterocycles. The Balaban J connectivity index is 1.92. The summed E-state index contributed by atoms with van der Waals surface area (Å²) >= 11 is 0. The highest BCUT2D eigenvalue weighted by atomic mass is 16.4. The summed E-state index contributed by atoms with van der Waals surface area (Å²) in [5, 5.41) is 10.9. The number of nitrogen functional groups attached to an aromatic ring is 1. The Hall–Kier alpha value is -3.16. The number of anilines is 1. The molecular weight excluding hydrogens is 272 g/mol. The van der Waals surface area contributed by atoms with E-state index in [2.05, 4.69) is 20.3 Å². The first-order chi connectivity index (χ1) is 10.1. The topological polar surface area (TPSA) is 119 Å². The average molecular weight is 284 g/mol. The molecule has 4 N–H and O–H groups in total. The number of nitrogens with one attached hydrogen (secondary N) is 1. The highest BCUT2D eigenvalue weighted by Crippen LogP contribution is 2.19. The molecule has 0 saturated carbocycles. The van der Waals surface area contributed by atoms with Gasteiger partial charge in [0.15, 0.2) is 17.0 Å². The predicted molar refractivity (Wildman–Crippen MR) is 75.9 cm³/mol. The highest BCUT2D eigenvalue weighted by Gasteiger charge is 2.09. The monoisotopic (exact) mass is 284 g/mol. The molecule has 0 atom stereocenters. The largest absolute Gasteiger partial charge is 0.465 e. The van der Waals surface area contributed by atoms with Gasteiger partial charge in [-0.15, -0.1) is 0 Å². The summed E-state index contributed by atoms with van der Waals surface area (Å²) in [6.45, 7) is 0.259. The Kier molecular flexibility index (Phi) is 3.11. The van der Waals surface area contributed by atoms with Crippen molar-refractivity contribution >= 4 is 23.1 Å². The summed E-state index contributed by atoms with van der Waals surface area (Å²) in [6.07, 6.45) is 1.97. The molecule has 0 radical (unpaired) electrons. The smallest absolute Gasteiger partial charge is 0.404 e. The average Bonchev–Trinajstić information content (AvgIpc) is 2.91. The fraction of sp³-hybridized carbons (Fsp3) is 0.0769. The van der Waals surface area contributed by atoms with Crippen LogP contribution < -0.4 is 11.1 Å². The number of benzene rings is 1. The second-order valence-corrected chi connectivity index (χ2v) is 4.37. The molecule has 0 fully saturated rings. The zero-order valence-electron chi connectivity index (χ0n) is 10.9. The van der Waals surface area contributed by atoms with Gasteiger partial charge in [0.05, 0.1) is 0 Å². The van der Waals surface area contributed by atoms with Gasteiger partial charge in [0.1, 0.15) is 12.7 Å². The van der Waals surface area contributed by atoms with E-state index >= 15 is 0 Å². The maximum atomic E-state index is 10.5. The molecule has 8 nitrogen and oxygen atoms in total. The maximum absolute atomic E-state index is 10.5. The quantitative estimate of drug-likeness (QED) is 0.664. The van der Waals surface area contributed by atoms with Gasteiger partial charge in [-0.05, 0) is 17.7 Å². The van der Waals surface area contributed by atoms with Crippen molar-refractivity contribution in [2.24, 2.45) is 0 Å². The lowest BCUT2D eigenvalue weighted by Gasteiger charge is -2.06. The van der Waals surface area contributed by atoms with Crippen molar-refractivity contribution in [3.8, 4) is 5.69 Å². The van der Waals surface area contributed by atoms with Crippen molar-refractivity contribution < 1.29 is 9.90 Å². The Morgan fingerprint density at radius 1 is 1.24 bits per heavy atom. The van der Waals surface area contributed by atoms with E-state index in [9.17, 15) is 4.79 Å². The molecule has 0 aliphatic carbocycles. The minimum Gasteiger partial charge on any atom is -0.465 e. The lowest BCUT2D eigenvalue weighted by molar-refractivity contribution is 0.194. The van der Waals surface area contributed by atoms with E-state index in [-0.39, 0.29) is 6.54 Å². The Morgan fingerprint density at radius 2 is 2.00 bits per heavy atom. The number of rotatable bonds is 3. The van der Waals surface area contributed by atoms with E-state index in [1.54, 1.807) is 10.9 Å². The van der Waals surface area contributed by atoms with Crippen molar-refractivity contribution in [2.45, 2.75) is 6.54 Å². The van der Waals surface area contributed by atoms with Crippen LogP contribution >= 0.6 is 0 Å². The van der Waals surface area contributed by atoms with Gasteiger partial charge in [0.25, 0.3) is 0 Å². The molecule has 8 heteroatoms. The van der Waals surface area contributed by atoms with Gasteiger partial charge in [-0.25, -0.2) is 19.7 Å². The first-order valence-electron chi connectivity index (χ1n) is 6.15. The van der Waals surface area contributed by atoms with Crippen molar-refractivity contribution in [1.29, 1.82) is 0 Å². The molecule has 1 amide bonds. The number of hydrogen-bond acceptors (Lipinski definition) is 5. The number of carboxylic acid groups (broad SMARTS) is 1. The highest BCUT2D eigenvalue weighted by molar-refractivity contribution is 5.82. The molecule has 1 aromatic carbocycles. The second-order valence-electron chi connectivity index (χ2n) is 4.37. The lowest BCUT2D eigenvalue weighted by atomic mass is 10.2. The van der Waals surface area contributed by atoms with Gasteiger partial charge in [0, 0.05) is 12.2 Å². The van der Waals surface area contributed by atoms with Crippen LogP contribution in [-0.4, -0.2) is 30.7 Å². The van der Waals surface area contributed by atoms with Crippen LogP contribution in [0.4, 0.5) is 10.6 Å². The third-order valence-electron chi connectivity index (χ3n) is 3.02. The zero-order valence-corrected chi connectivity index (χ0v) is 10.9. The van der Waals surface area contributed by atoms with Crippen molar-refractivity contribution in [1.82, 2.24) is 24.8 Å². The summed E-state index contributed by atoms with van der Waals surface area (Å²) < 4.78 is 1.79. The molecule has 106 valence electrons. The normalized spacial score (nSPS) is 10.7. The van der Waals surface area contributed by atoms with Crippen LogP contribution in [-0.2, 0) is 6.54 Å². The van der Waals surface area contributed by atoms with Crippen LogP contribution in [0, 0.1) is 0 Å². The fourth-order valence-electron chi connectivity index (χ4n) is 1.99. The number of amides is 1. The number of hydrogen-bond donors (Lipinski definition) is 3. The van der Waals surface area contributed by atoms with Crippen LogP contribution in [0.25, 0.3) is 16.9 Å². The van der Waals surface area contributed by atoms with Crippen molar-refractivity contribution in [3.63, 3.8) is 0 Å². The second kappa shape index (κ2) is 5.08. The van der Waals surface area contributed by atoms with Crippen LogP contribution in [0.5, 0.6) is 0 Å². The minimum absolute atomic E-state index is 0.259. The van der Waals surface area contributed by atoms with E-state index in [0.29, 0.717) is 17.0 Å². The van der Waals surface area contributed by atoms with E-state index in [4.69, 9.17) is 10.8 Å². The Bertz CT molecular complexity index is 796. The van der Waals surface area contributed by atoms with Gasteiger partial charge in [0.2, 0.25) is 0 Å². The molecular formula is C13H12N6O2. The van der Waals surface area contributed by atoms with Crippen LogP contribution in [0.1, 0.15) is 5.56 Å². The van der Waals surface area contributed by atoms with Gasteiger partial charge < -0.3 is 16.2 Å². The van der Waals surface area contributed by atoms with E-state index in [1.807, 2.05) is 24.3 Å². The summed E-state index contributed by atoms with van der Waals surface area (Å²) in [7, 11) is 0. The minimum atomic E-state index is -1.05. The molecule has 0 spiro atoms. The first kappa shape index (κ1) is 12.9. The molecule has 0 unspecified atom stereocenters. The van der Waals surface area contributed by atoms with Gasteiger partial charge in [-0.2, -0.15) is 0 Å². The third-order valence-corrected chi connectivity index (χ3v) is 3.02. The zero-order chi connectivity index (χ0) is 14.8. The molecule has 2 heterocycles. The predicted octanol–water partition coefficient (Wildman–Crippen LogP) is 1.17. The van der Waals surface area contributed by atoms with Crippen LogP contribution in [0.2, 0.25) is 0 Å². The number of nitrogens with two attached hydrogens (primary N) is 1. The van der Waals surface area contributed by atoms with Gasteiger partial charge in [-0.3, -0.25) is 4.57 Å². The molecule has 0 saturated heterocycles. The molecule has 21 heavy (non-hydrogen) atoms. The number of carbonyl (C=O) groups is 1. The number of aromatic nitrogens is 4. The SMILES string of the molecule is Nc1ncnc2c1ncn2-c1ccc(CNC(=O)O)cc1. The van der Waals surface area contributed by atoms with Crippen LogP contribution in [0.3, 0.4) is 0 Å². The lowest BCUT2D eigenvalue weighted by Crippen LogP contribution is -2.19. The van der Waals surface area contributed by atoms with Crippen molar-refractivity contribution in [3.05, 3.63) is 42.5 Å². The molecule has 0 aliphatic rings. The molecule has 2 aromatic heterocycles. The summed E-state index contributed by atoms with van der Waals surface area (Å²) in [5.74, 6) is 0.334. The van der Waals surface area contributed by atoms with Crippen LogP contribution in [0.15, 0.2) is 36.9 Å². The van der Waals surface area contributed by atoms with E-state index in [1.165, 1.54) is 6.33 Å². The fourth-order valence-corrected chi connectivity index (χ4v) is 1.99. The Morgan fingerprint density at radius 3 is 2.71 bits per heavy atom. The van der Waals surface area contributed by atoms with Crippen molar-refractivity contribution in [2.75, 3.05) is 5.73 Å². The standard InChI is InChI=1S/C13H12N6O2/c14-11-10-12(17-6-16-11)19(7-18-10)9-3-1-8(2-4-9)5-15-13(20)21/h1-4,6-7,15H,5H2,(H,20,21)(H2,14,16,17). The van der Waals surface area contributed by atoms with E-state index < -0.39 is 6.09 Å². The summed E-state index contributed by atoms with van der Waals surface area (Å²) in [6, 6.07) is 7.39. The van der Waals surface area contributed by atoms with Gasteiger partial charge >= 0.3 is 6.09 Å². The summed E-state index contributed by atoms with van der Waals surface area (Å²) in [5.41, 5.74) is 8.64. The number of imidazole rings is 1.